The Morgan fingerprint density at radius 1 is 1.32 bits per heavy atom. The van der Waals surface area contributed by atoms with Crippen molar-refractivity contribution in [2.45, 2.75) is 45.8 Å². The molecule has 0 aromatic carbocycles. The SMILES string of the molecule is CC(=O)O[C@H]1/C=C(\C)Cc2occ(C)c2[C@H]2C=C(C1)C(=O)O2. The van der Waals surface area contributed by atoms with E-state index in [0.717, 1.165) is 22.5 Å². The third-order valence-electron chi connectivity index (χ3n) is 3.88. The Balaban J connectivity index is 2.04. The van der Waals surface area contributed by atoms with E-state index in [9.17, 15) is 9.59 Å². The van der Waals surface area contributed by atoms with Crippen LogP contribution in [0.5, 0.6) is 0 Å². The zero-order chi connectivity index (χ0) is 15.9. The van der Waals surface area contributed by atoms with Crippen molar-refractivity contribution in [3.8, 4) is 0 Å². The van der Waals surface area contributed by atoms with Crippen LogP contribution in [0.3, 0.4) is 0 Å². The Labute approximate surface area is 128 Å². The predicted molar refractivity (Wildman–Crippen MR) is 78.0 cm³/mol. The molecule has 0 radical (unpaired) electrons. The molecule has 1 aromatic rings. The maximum absolute atomic E-state index is 12.1. The van der Waals surface area contributed by atoms with Gasteiger partial charge in [-0.15, -0.1) is 0 Å². The number of furan rings is 1. The van der Waals surface area contributed by atoms with E-state index in [1.165, 1.54) is 6.92 Å². The first-order valence-electron chi connectivity index (χ1n) is 7.27. The summed E-state index contributed by atoms with van der Waals surface area (Å²) in [4.78, 5) is 23.3. The summed E-state index contributed by atoms with van der Waals surface area (Å²) in [7, 11) is 0. The molecular weight excluding hydrogens is 284 g/mol. The highest BCUT2D eigenvalue weighted by Crippen LogP contribution is 2.36. The lowest BCUT2D eigenvalue weighted by Gasteiger charge is -2.15. The van der Waals surface area contributed by atoms with Crippen LogP contribution in [-0.2, 0) is 25.5 Å². The van der Waals surface area contributed by atoms with Crippen LogP contribution in [-0.4, -0.2) is 18.0 Å². The van der Waals surface area contributed by atoms with Crippen LogP contribution in [0.15, 0.2) is 34.0 Å². The van der Waals surface area contributed by atoms with Crippen LogP contribution in [0.4, 0.5) is 0 Å². The lowest BCUT2D eigenvalue weighted by Crippen LogP contribution is -2.17. The average molecular weight is 302 g/mol. The summed E-state index contributed by atoms with van der Waals surface area (Å²) in [5.74, 6) is 0.0517. The number of ether oxygens (including phenoxy) is 2. The van der Waals surface area contributed by atoms with Crippen molar-refractivity contribution < 1.29 is 23.5 Å². The molecule has 0 unspecified atom stereocenters. The molecule has 2 atom stereocenters. The Morgan fingerprint density at radius 2 is 2.09 bits per heavy atom. The van der Waals surface area contributed by atoms with E-state index < -0.39 is 12.2 Å². The van der Waals surface area contributed by atoms with Gasteiger partial charge < -0.3 is 13.9 Å². The van der Waals surface area contributed by atoms with Crippen LogP contribution < -0.4 is 0 Å². The van der Waals surface area contributed by atoms with E-state index in [4.69, 9.17) is 13.9 Å². The minimum atomic E-state index is -0.465. The Bertz CT molecular complexity index is 692. The highest BCUT2D eigenvalue weighted by atomic mass is 16.6. The lowest BCUT2D eigenvalue weighted by molar-refractivity contribution is -0.145. The van der Waals surface area contributed by atoms with E-state index in [0.29, 0.717) is 18.4 Å². The van der Waals surface area contributed by atoms with E-state index in [-0.39, 0.29) is 11.9 Å². The number of fused-ring (bicyclic) bond motifs is 3. The van der Waals surface area contributed by atoms with Gasteiger partial charge in [0.15, 0.2) is 0 Å². The van der Waals surface area contributed by atoms with Crippen molar-refractivity contribution in [1.29, 1.82) is 0 Å². The number of esters is 2. The van der Waals surface area contributed by atoms with Crippen LogP contribution in [0, 0.1) is 6.92 Å². The third kappa shape index (κ3) is 2.71. The average Bonchev–Trinajstić information content (AvgIpc) is 2.92. The predicted octanol–water partition coefficient (Wildman–Crippen LogP) is 2.94. The summed E-state index contributed by atoms with van der Waals surface area (Å²) >= 11 is 0. The number of rotatable bonds is 1. The van der Waals surface area contributed by atoms with Gasteiger partial charge in [0.1, 0.15) is 18.0 Å². The number of hydrogen-bond acceptors (Lipinski definition) is 5. The standard InChI is InChI=1S/C17H18O5/c1-9-4-13(21-11(3)18)6-12-7-15(22-17(12)19)16-10(2)8-20-14(16)5-9/h4,7-8,13,15H,5-6H2,1-3H3/b9-4+/t13-,15+/m0/s1. The quantitative estimate of drug-likeness (QED) is 0.589. The topological polar surface area (TPSA) is 65.7 Å². The normalized spacial score (nSPS) is 26.4. The maximum atomic E-state index is 12.1. The van der Waals surface area contributed by atoms with Crippen LogP contribution in [0.1, 0.15) is 43.3 Å². The number of allylic oxidation sites excluding steroid dienone is 1. The first-order valence-corrected chi connectivity index (χ1v) is 7.27. The van der Waals surface area contributed by atoms with E-state index >= 15 is 0 Å². The van der Waals surface area contributed by atoms with E-state index in [2.05, 4.69) is 0 Å². The van der Waals surface area contributed by atoms with Gasteiger partial charge in [-0.3, -0.25) is 4.79 Å². The van der Waals surface area contributed by atoms with Crippen molar-refractivity contribution >= 4 is 11.9 Å². The van der Waals surface area contributed by atoms with Gasteiger partial charge in [0.25, 0.3) is 0 Å². The Kier molecular flexibility index (Phi) is 3.64. The molecule has 116 valence electrons. The van der Waals surface area contributed by atoms with Gasteiger partial charge in [-0.05, 0) is 31.6 Å². The van der Waals surface area contributed by atoms with Crippen LogP contribution in [0.25, 0.3) is 0 Å². The minimum Gasteiger partial charge on any atom is -0.468 e. The molecule has 1 aliphatic carbocycles. The van der Waals surface area contributed by atoms with Gasteiger partial charge in [-0.25, -0.2) is 4.79 Å². The smallest absolute Gasteiger partial charge is 0.334 e. The minimum absolute atomic E-state index is 0.332. The summed E-state index contributed by atoms with van der Waals surface area (Å²) in [6.07, 6.45) is 5.40. The summed E-state index contributed by atoms with van der Waals surface area (Å²) in [5, 5.41) is 0. The second-order valence-electron chi connectivity index (χ2n) is 5.82. The van der Waals surface area contributed by atoms with Crippen molar-refractivity contribution in [2.75, 3.05) is 0 Å². The van der Waals surface area contributed by atoms with Crippen LogP contribution >= 0.6 is 0 Å². The molecule has 5 heteroatoms. The molecule has 1 aromatic heterocycles. The molecule has 5 nitrogen and oxygen atoms in total. The molecule has 0 spiro atoms. The van der Waals surface area contributed by atoms with Crippen LogP contribution in [0.2, 0.25) is 0 Å². The first-order chi connectivity index (χ1) is 10.4. The Morgan fingerprint density at radius 3 is 2.82 bits per heavy atom. The molecule has 0 fully saturated rings. The van der Waals surface area contributed by atoms with Crippen molar-refractivity contribution in [3.05, 3.63) is 46.4 Å². The third-order valence-corrected chi connectivity index (χ3v) is 3.88. The monoisotopic (exact) mass is 302 g/mol. The van der Waals surface area contributed by atoms with E-state index in [1.54, 1.807) is 12.3 Å². The molecule has 2 bridgehead atoms. The summed E-state index contributed by atoms with van der Waals surface area (Å²) in [5.41, 5.74) is 3.45. The Hall–Kier alpha value is -2.30. The molecule has 3 rings (SSSR count). The van der Waals surface area contributed by atoms with Gasteiger partial charge in [-0.1, -0.05) is 5.57 Å². The molecule has 22 heavy (non-hydrogen) atoms. The zero-order valence-electron chi connectivity index (χ0n) is 12.8. The molecule has 1 aliphatic heterocycles. The molecule has 0 saturated heterocycles. The van der Waals surface area contributed by atoms with Crippen molar-refractivity contribution in [1.82, 2.24) is 0 Å². The fraction of sp³-hybridized carbons (Fsp3) is 0.412. The van der Waals surface area contributed by atoms with Crippen molar-refractivity contribution in [2.24, 2.45) is 0 Å². The highest BCUT2D eigenvalue weighted by molar-refractivity contribution is 5.91. The van der Waals surface area contributed by atoms with Gasteiger partial charge in [0.2, 0.25) is 0 Å². The second kappa shape index (κ2) is 5.48. The fourth-order valence-corrected chi connectivity index (χ4v) is 2.99. The first kappa shape index (κ1) is 14.6. The lowest BCUT2D eigenvalue weighted by atomic mass is 9.96. The number of carbonyl (C=O) groups excluding carboxylic acids is 2. The summed E-state index contributed by atoms with van der Waals surface area (Å²) in [6, 6.07) is 0. The van der Waals surface area contributed by atoms with Gasteiger partial charge in [0, 0.05) is 30.9 Å². The summed E-state index contributed by atoms with van der Waals surface area (Å²) < 4.78 is 16.4. The highest BCUT2D eigenvalue weighted by Gasteiger charge is 2.33. The number of carbonyl (C=O) groups is 2. The number of aryl methyl sites for hydroxylation is 1. The molecule has 0 saturated carbocycles. The molecular formula is C17H18O5. The molecule has 0 N–H and O–H groups in total. The van der Waals surface area contributed by atoms with Crippen molar-refractivity contribution in [3.63, 3.8) is 0 Å². The maximum Gasteiger partial charge on any atom is 0.334 e. The van der Waals surface area contributed by atoms with Gasteiger partial charge in [-0.2, -0.15) is 0 Å². The van der Waals surface area contributed by atoms with E-state index in [1.807, 2.05) is 19.9 Å². The number of hydrogen-bond donors (Lipinski definition) is 0. The van der Waals surface area contributed by atoms with Gasteiger partial charge in [0.05, 0.1) is 6.26 Å². The summed E-state index contributed by atoms with van der Waals surface area (Å²) in [6.45, 7) is 5.26. The molecule has 2 aliphatic rings. The van der Waals surface area contributed by atoms with Gasteiger partial charge >= 0.3 is 11.9 Å². The second-order valence-corrected chi connectivity index (χ2v) is 5.82. The molecule has 0 amide bonds. The largest absolute Gasteiger partial charge is 0.468 e. The fourth-order valence-electron chi connectivity index (χ4n) is 2.99. The zero-order valence-corrected chi connectivity index (χ0v) is 12.8. The molecule has 2 heterocycles.